The van der Waals surface area contributed by atoms with Crippen molar-refractivity contribution in [2.45, 2.75) is 19.5 Å². The normalized spacial score (nSPS) is 12.9. The van der Waals surface area contributed by atoms with Gasteiger partial charge in [0.25, 0.3) is 0 Å². The molecule has 0 radical (unpaired) electrons. The highest BCUT2D eigenvalue weighted by molar-refractivity contribution is 5.06. The van der Waals surface area contributed by atoms with Gasteiger partial charge in [-0.15, -0.1) is 0 Å². The second kappa shape index (κ2) is 4.15. The van der Waals surface area contributed by atoms with Crippen LogP contribution in [0.1, 0.15) is 24.4 Å². The van der Waals surface area contributed by atoms with Crippen molar-refractivity contribution in [1.29, 1.82) is 0 Å². The number of rotatable bonds is 4. The van der Waals surface area contributed by atoms with Crippen molar-refractivity contribution in [2.24, 2.45) is 0 Å². The van der Waals surface area contributed by atoms with E-state index in [0.717, 1.165) is 12.3 Å². The third-order valence-electron chi connectivity index (χ3n) is 2.23. The van der Waals surface area contributed by atoms with Crippen LogP contribution in [-0.2, 0) is 6.54 Å². The van der Waals surface area contributed by atoms with E-state index < -0.39 is 0 Å². The molecule has 1 atom stereocenters. The molecule has 1 unspecified atom stereocenters. The summed E-state index contributed by atoms with van der Waals surface area (Å²) in [5.41, 5.74) is 1.18. The maximum absolute atomic E-state index is 5.29. The Bertz CT molecular complexity index is 351. The highest BCUT2D eigenvalue weighted by atomic mass is 16.3. The number of aromatic amines is 1. The predicted octanol–water partition coefficient (Wildman–Crippen LogP) is 2.46. The molecule has 74 valence electrons. The van der Waals surface area contributed by atoms with E-state index in [1.807, 2.05) is 24.4 Å². The molecule has 0 spiro atoms. The highest BCUT2D eigenvalue weighted by Crippen LogP contribution is 2.12. The van der Waals surface area contributed by atoms with Gasteiger partial charge in [0.2, 0.25) is 0 Å². The van der Waals surface area contributed by atoms with E-state index in [2.05, 4.69) is 23.3 Å². The Morgan fingerprint density at radius 3 is 3.00 bits per heavy atom. The molecule has 2 heterocycles. The lowest BCUT2D eigenvalue weighted by atomic mass is 10.2. The Kier molecular flexibility index (Phi) is 2.70. The third kappa shape index (κ3) is 2.06. The summed E-state index contributed by atoms with van der Waals surface area (Å²) in [5, 5.41) is 3.36. The molecule has 14 heavy (non-hydrogen) atoms. The molecule has 2 N–H and O–H groups in total. The fraction of sp³-hybridized carbons (Fsp3) is 0.273. The van der Waals surface area contributed by atoms with E-state index in [-0.39, 0.29) is 6.04 Å². The van der Waals surface area contributed by atoms with Gasteiger partial charge in [-0.1, -0.05) is 0 Å². The first kappa shape index (κ1) is 9.09. The average molecular weight is 190 g/mol. The maximum atomic E-state index is 5.29. The van der Waals surface area contributed by atoms with Gasteiger partial charge in [-0.2, -0.15) is 0 Å². The van der Waals surface area contributed by atoms with Crippen molar-refractivity contribution < 1.29 is 4.42 Å². The minimum Gasteiger partial charge on any atom is -0.468 e. The number of nitrogens with one attached hydrogen (secondary N) is 2. The van der Waals surface area contributed by atoms with Crippen LogP contribution in [0.4, 0.5) is 0 Å². The van der Waals surface area contributed by atoms with Gasteiger partial charge >= 0.3 is 0 Å². The van der Waals surface area contributed by atoms with Gasteiger partial charge in [0.1, 0.15) is 5.76 Å². The smallest absolute Gasteiger partial charge is 0.120 e. The SMILES string of the molecule is CC(NCc1ccc[nH]1)c1ccco1. The highest BCUT2D eigenvalue weighted by Gasteiger charge is 2.06. The van der Waals surface area contributed by atoms with Gasteiger partial charge in [-0.3, -0.25) is 0 Å². The lowest BCUT2D eigenvalue weighted by Crippen LogP contribution is -2.17. The molecule has 2 rings (SSSR count). The first-order valence-electron chi connectivity index (χ1n) is 4.75. The molecule has 2 aromatic rings. The summed E-state index contributed by atoms with van der Waals surface area (Å²) < 4.78 is 5.29. The monoisotopic (exact) mass is 190 g/mol. The van der Waals surface area contributed by atoms with Crippen molar-refractivity contribution in [3.63, 3.8) is 0 Å². The molecule has 3 heteroatoms. The number of hydrogen-bond donors (Lipinski definition) is 2. The summed E-state index contributed by atoms with van der Waals surface area (Å²) in [6.07, 6.45) is 3.62. The van der Waals surface area contributed by atoms with Crippen molar-refractivity contribution >= 4 is 0 Å². The fourth-order valence-corrected chi connectivity index (χ4v) is 1.38. The van der Waals surface area contributed by atoms with Crippen LogP contribution in [0.5, 0.6) is 0 Å². The van der Waals surface area contributed by atoms with Crippen molar-refractivity contribution in [3.05, 3.63) is 48.2 Å². The Balaban J connectivity index is 1.87. The van der Waals surface area contributed by atoms with Crippen LogP contribution in [0.25, 0.3) is 0 Å². The van der Waals surface area contributed by atoms with E-state index in [4.69, 9.17) is 4.42 Å². The lowest BCUT2D eigenvalue weighted by molar-refractivity contribution is 0.429. The standard InChI is InChI=1S/C11H14N2O/c1-9(11-5-3-7-14-11)13-8-10-4-2-6-12-10/h2-7,9,12-13H,8H2,1H3. The van der Waals surface area contributed by atoms with E-state index in [0.29, 0.717) is 0 Å². The molecule has 3 nitrogen and oxygen atoms in total. The zero-order valence-electron chi connectivity index (χ0n) is 8.16. The van der Waals surface area contributed by atoms with Crippen LogP contribution in [0, 0.1) is 0 Å². The van der Waals surface area contributed by atoms with Gasteiger partial charge in [-0.25, -0.2) is 0 Å². The van der Waals surface area contributed by atoms with Gasteiger partial charge in [-0.05, 0) is 31.2 Å². The third-order valence-corrected chi connectivity index (χ3v) is 2.23. The maximum Gasteiger partial charge on any atom is 0.120 e. The number of H-pyrrole nitrogens is 1. The summed E-state index contributed by atoms with van der Waals surface area (Å²) in [6.45, 7) is 2.91. The Hall–Kier alpha value is -1.48. The number of aromatic nitrogens is 1. The van der Waals surface area contributed by atoms with Gasteiger partial charge in [0, 0.05) is 18.4 Å². The van der Waals surface area contributed by atoms with E-state index >= 15 is 0 Å². The Labute approximate surface area is 83.1 Å². The molecule has 0 aliphatic heterocycles. The zero-order valence-corrected chi connectivity index (χ0v) is 8.16. The van der Waals surface area contributed by atoms with Crippen LogP contribution in [0.3, 0.4) is 0 Å². The van der Waals surface area contributed by atoms with Gasteiger partial charge < -0.3 is 14.7 Å². The molecule has 0 fully saturated rings. The van der Waals surface area contributed by atoms with E-state index in [9.17, 15) is 0 Å². The number of furan rings is 1. The molecule has 0 bridgehead atoms. The van der Waals surface area contributed by atoms with Crippen LogP contribution in [-0.4, -0.2) is 4.98 Å². The topological polar surface area (TPSA) is 41.0 Å². The first-order chi connectivity index (χ1) is 6.86. The lowest BCUT2D eigenvalue weighted by Gasteiger charge is -2.09. The largest absolute Gasteiger partial charge is 0.468 e. The van der Waals surface area contributed by atoms with Gasteiger partial charge in [0.05, 0.1) is 12.3 Å². The zero-order chi connectivity index (χ0) is 9.80. The molecular formula is C11H14N2O. The van der Waals surface area contributed by atoms with E-state index in [1.165, 1.54) is 5.69 Å². The second-order valence-electron chi connectivity index (χ2n) is 3.31. The van der Waals surface area contributed by atoms with Crippen LogP contribution in [0.15, 0.2) is 41.1 Å². The summed E-state index contributed by atoms with van der Waals surface area (Å²) in [5.74, 6) is 0.969. The summed E-state index contributed by atoms with van der Waals surface area (Å²) in [4.78, 5) is 3.14. The van der Waals surface area contributed by atoms with Crippen LogP contribution >= 0.6 is 0 Å². The van der Waals surface area contributed by atoms with Crippen molar-refractivity contribution in [2.75, 3.05) is 0 Å². The number of hydrogen-bond acceptors (Lipinski definition) is 2. The second-order valence-corrected chi connectivity index (χ2v) is 3.31. The summed E-state index contributed by atoms with van der Waals surface area (Å²) >= 11 is 0. The fourth-order valence-electron chi connectivity index (χ4n) is 1.38. The predicted molar refractivity (Wildman–Crippen MR) is 54.8 cm³/mol. The molecule has 0 amide bonds. The molecule has 0 aliphatic carbocycles. The first-order valence-corrected chi connectivity index (χ1v) is 4.75. The minimum atomic E-state index is 0.244. The van der Waals surface area contributed by atoms with E-state index in [1.54, 1.807) is 6.26 Å². The molecule has 0 saturated heterocycles. The Morgan fingerprint density at radius 1 is 1.43 bits per heavy atom. The molecular weight excluding hydrogens is 176 g/mol. The summed E-state index contributed by atoms with van der Waals surface area (Å²) in [7, 11) is 0. The molecule has 0 aromatic carbocycles. The van der Waals surface area contributed by atoms with Crippen LogP contribution in [0.2, 0.25) is 0 Å². The van der Waals surface area contributed by atoms with Crippen molar-refractivity contribution in [3.8, 4) is 0 Å². The van der Waals surface area contributed by atoms with Gasteiger partial charge in [0.15, 0.2) is 0 Å². The van der Waals surface area contributed by atoms with Crippen LogP contribution < -0.4 is 5.32 Å². The average Bonchev–Trinajstić information content (AvgIpc) is 2.87. The molecule has 0 aliphatic rings. The summed E-state index contributed by atoms with van der Waals surface area (Å²) in [6, 6.07) is 8.18. The quantitative estimate of drug-likeness (QED) is 0.777. The van der Waals surface area contributed by atoms with Crippen molar-refractivity contribution in [1.82, 2.24) is 10.3 Å². The Morgan fingerprint density at radius 2 is 2.36 bits per heavy atom. The minimum absolute atomic E-state index is 0.244. The molecule has 2 aromatic heterocycles. The molecule has 0 saturated carbocycles.